The van der Waals surface area contributed by atoms with E-state index in [0.29, 0.717) is 0 Å². The van der Waals surface area contributed by atoms with Crippen LogP contribution in [0.3, 0.4) is 0 Å². The van der Waals surface area contributed by atoms with Crippen LogP contribution in [0.25, 0.3) is 11.4 Å². The highest BCUT2D eigenvalue weighted by Crippen LogP contribution is 2.24. The van der Waals surface area contributed by atoms with E-state index in [4.69, 9.17) is 9.84 Å². The molecule has 0 radical (unpaired) electrons. The fraction of sp³-hybridized carbons (Fsp3) is 0.300. The van der Waals surface area contributed by atoms with Crippen LogP contribution < -0.4 is 4.74 Å². The Labute approximate surface area is 147 Å². The Bertz CT molecular complexity index is 887. The van der Waals surface area contributed by atoms with E-state index in [-0.39, 0.29) is 0 Å². The van der Waals surface area contributed by atoms with E-state index in [1.165, 1.54) is 11.3 Å². The molecule has 4 rings (SSSR count). The second-order valence-corrected chi connectivity index (χ2v) is 6.48. The maximum Gasteiger partial charge on any atom is 0.119 e. The summed E-state index contributed by atoms with van der Waals surface area (Å²) < 4.78 is 7.44. The molecule has 0 fully saturated rings. The van der Waals surface area contributed by atoms with Gasteiger partial charge < -0.3 is 4.74 Å². The summed E-state index contributed by atoms with van der Waals surface area (Å²) in [5, 5.41) is 4.76. The van der Waals surface area contributed by atoms with Crippen LogP contribution >= 0.6 is 0 Å². The zero-order chi connectivity index (χ0) is 17.2. The molecule has 0 saturated heterocycles. The first kappa shape index (κ1) is 15.8. The average molecular weight is 334 g/mol. The molecule has 0 unspecified atom stereocenters. The topological polar surface area (TPSA) is 43.2 Å². The van der Waals surface area contributed by atoms with Crippen LogP contribution in [-0.2, 0) is 19.6 Å². The number of fused-ring (bicyclic) bond motifs is 1. The van der Waals surface area contributed by atoms with E-state index in [0.717, 1.165) is 48.9 Å². The molecule has 3 aromatic rings. The monoisotopic (exact) mass is 334 g/mol. The van der Waals surface area contributed by atoms with Crippen LogP contribution in [0.4, 0.5) is 0 Å². The highest BCUT2D eigenvalue weighted by molar-refractivity contribution is 5.58. The number of benzene rings is 1. The molecule has 0 aliphatic carbocycles. The summed E-state index contributed by atoms with van der Waals surface area (Å²) in [6.45, 7) is 5.80. The van der Waals surface area contributed by atoms with Gasteiger partial charge in [0.25, 0.3) is 0 Å². The number of hydrogen-bond donors (Lipinski definition) is 0. The van der Waals surface area contributed by atoms with Crippen molar-refractivity contribution in [3.8, 4) is 17.1 Å². The maximum absolute atomic E-state index is 5.32. The van der Waals surface area contributed by atoms with Crippen molar-refractivity contribution in [2.24, 2.45) is 0 Å². The molecule has 0 N–H and O–H groups in total. The summed E-state index contributed by atoms with van der Waals surface area (Å²) in [6.07, 6.45) is 1.83. The van der Waals surface area contributed by atoms with Crippen molar-refractivity contribution >= 4 is 0 Å². The zero-order valence-corrected chi connectivity index (χ0v) is 14.6. The van der Waals surface area contributed by atoms with E-state index in [1.54, 1.807) is 7.11 Å². The first-order valence-corrected chi connectivity index (χ1v) is 8.57. The largest absolute Gasteiger partial charge is 0.497 e. The minimum atomic E-state index is 0.899. The lowest BCUT2D eigenvalue weighted by Gasteiger charge is -2.27. The van der Waals surface area contributed by atoms with Crippen molar-refractivity contribution in [1.82, 2.24) is 19.7 Å². The smallest absolute Gasteiger partial charge is 0.119 e. The van der Waals surface area contributed by atoms with Crippen LogP contribution in [0.2, 0.25) is 0 Å². The van der Waals surface area contributed by atoms with E-state index in [1.807, 2.05) is 24.4 Å². The van der Waals surface area contributed by atoms with E-state index < -0.39 is 0 Å². The van der Waals surface area contributed by atoms with Crippen molar-refractivity contribution in [2.75, 3.05) is 13.7 Å². The Morgan fingerprint density at radius 1 is 1.12 bits per heavy atom. The van der Waals surface area contributed by atoms with Crippen molar-refractivity contribution in [2.45, 2.75) is 26.6 Å². The van der Waals surface area contributed by atoms with Crippen molar-refractivity contribution in [3.63, 3.8) is 0 Å². The zero-order valence-electron chi connectivity index (χ0n) is 14.6. The van der Waals surface area contributed by atoms with Crippen LogP contribution in [0.1, 0.15) is 16.8 Å². The summed E-state index contributed by atoms with van der Waals surface area (Å²) >= 11 is 0. The number of hydrogen-bond acceptors (Lipinski definition) is 4. The summed E-state index contributed by atoms with van der Waals surface area (Å²) in [6, 6.07) is 14.5. The first-order chi connectivity index (χ1) is 12.2. The van der Waals surface area contributed by atoms with Gasteiger partial charge in [-0.1, -0.05) is 18.2 Å². The summed E-state index contributed by atoms with van der Waals surface area (Å²) in [4.78, 5) is 6.94. The number of nitrogens with zero attached hydrogens (tertiary/aromatic N) is 4. The lowest BCUT2D eigenvalue weighted by Crippen LogP contribution is -2.33. The van der Waals surface area contributed by atoms with Gasteiger partial charge in [0.1, 0.15) is 11.4 Å². The lowest BCUT2D eigenvalue weighted by atomic mass is 10.1. The second-order valence-electron chi connectivity index (χ2n) is 6.48. The molecule has 1 aromatic carbocycles. The van der Waals surface area contributed by atoms with Gasteiger partial charge in [-0.25, -0.2) is 0 Å². The maximum atomic E-state index is 5.32. The number of aryl methyl sites for hydroxylation is 1. The Kier molecular flexibility index (Phi) is 4.24. The number of rotatable bonds is 4. The van der Waals surface area contributed by atoms with E-state index >= 15 is 0 Å². The molecule has 2 aromatic heterocycles. The highest BCUT2D eigenvalue weighted by Gasteiger charge is 2.20. The molecule has 25 heavy (non-hydrogen) atoms. The van der Waals surface area contributed by atoms with Gasteiger partial charge in [0, 0.05) is 25.8 Å². The molecule has 0 atom stereocenters. The molecule has 0 saturated carbocycles. The van der Waals surface area contributed by atoms with Gasteiger partial charge >= 0.3 is 0 Å². The number of aromatic nitrogens is 3. The standard InChI is InChI=1S/C20H22N4O/c1-15-5-4-8-21-20(15)19-12-17-14-23(9-10-24(17)22-19)13-16-6-3-7-18(11-16)25-2/h3-8,11-12H,9-10,13-14H2,1-2H3. The van der Waals surface area contributed by atoms with Gasteiger partial charge in [-0.2, -0.15) is 5.10 Å². The van der Waals surface area contributed by atoms with Gasteiger partial charge in [0.05, 0.1) is 25.0 Å². The fourth-order valence-electron chi connectivity index (χ4n) is 3.35. The summed E-state index contributed by atoms with van der Waals surface area (Å²) in [5.41, 5.74) is 5.62. The van der Waals surface area contributed by atoms with Crippen LogP contribution in [0.15, 0.2) is 48.7 Å². The minimum absolute atomic E-state index is 0.899. The fourth-order valence-corrected chi connectivity index (χ4v) is 3.35. The second kappa shape index (κ2) is 6.69. The number of methoxy groups -OCH3 is 1. The molecule has 0 amide bonds. The molecule has 5 nitrogen and oxygen atoms in total. The van der Waals surface area contributed by atoms with Crippen molar-refractivity contribution < 1.29 is 4.74 Å². The molecular formula is C20H22N4O. The molecule has 1 aliphatic rings. The third kappa shape index (κ3) is 3.28. The highest BCUT2D eigenvalue weighted by atomic mass is 16.5. The average Bonchev–Trinajstić information content (AvgIpc) is 3.05. The predicted molar refractivity (Wildman–Crippen MR) is 97.3 cm³/mol. The Balaban J connectivity index is 1.52. The van der Waals surface area contributed by atoms with Gasteiger partial charge in [0.2, 0.25) is 0 Å². The van der Waals surface area contributed by atoms with Gasteiger partial charge in [-0.15, -0.1) is 0 Å². The Morgan fingerprint density at radius 2 is 2.04 bits per heavy atom. The molecule has 1 aliphatic heterocycles. The molecular weight excluding hydrogens is 312 g/mol. The van der Waals surface area contributed by atoms with Crippen LogP contribution in [-0.4, -0.2) is 33.3 Å². The van der Waals surface area contributed by atoms with E-state index in [9.17, 15) is 0 Å². The van der Waals surface area contributed by atoms with Gasteiger partial charge in [-0.3, -0.25) is 14.6 Å². The molecule has 0 bridgehead atoms. The van der Waals surface area contributed by atoms with Crippen molar-refractivity contribution in [3.05, 3.63) is 65.5 Å². The minimum Gasteiger partial charge on any atom is -0.497 e. The Hall–Kier alpha value is -2.66. The molecule has 128 valence electrons. The molecule has 5 heteroatoms. The lowest BCUT2D eigenvalue weighted by molar-refractivity contribution is 0.205. The molecule has 3 heterocycles. The first-order valence-electron chi connectivity index (χ1n) is 8.57. The van der Waals surface area contributed by atoms with Gasteiger partial charge in [0.15, 0.2) is 0 Å². The summed E-state index contributed by atoms with van der Waals surface area (Å²) in [7, 11) is 1.71. The third-order valence-corrected chi connectivity index (χ3v) is 4.67. The SMILES string of the molecule is COc1cccc(CN2CCn3nc(-c4ncccc4C)cc3C2)c1. The van der Waals surface area contributed by atoms with Crippen molar-refractivity contribution in [1.29, 1.82) is 0 Å². The summed E-state index contributed by atoms with van der Waals surface area (Å²) in [5.74, 6) is 0.910. The number of ether oxygens (including phenoxy) is 1. The van der Waals surface area contributed by atoms with E-state index in [2.05, 4.69) is 45.8 Å². The molecule has 0 spiro atoms. The predicted octanol–water partition coefficient (Wildman–Crippen LogP) is 3.28. The third-order valence-electron chi connectivity index (χ3n) is 4.67. The quantitative estimate of drug-likeness (QED) is 0.734. The Morgan fingerprint density at radius 3 is 2.88 bits per heavy atom. The van der Waals surface area contributed by atoms with Crippen LogP contribution in [0, 0.1) is 6.92 Å². The van der Waals surface area contributed by atoms with Crippen LogP contribution in [0.5, 0.6) is 5.75 Å². The van der Waals surface area contributed by atoms with Gasteiger partial charge in [-0.05, 0) is 42.3 Å². The normalized spacial score (nSPS) is 14.3. The number of pyridine rings is 1.